The van der Waals surface area contributed by atoms with Crippen molar-refractivity contribution in [2.24, 2.45) is 5.73 Å². The van der Waals surface area contributed by atoms with Crippen LogP contribution < -0.4 is 11.1 Å². The van der Waals surface area contributed by atoms with Gasteiger partial charge in [0, 0.05) is 18.4 Å². The molecule has 2 aliphatic heterocycles. The molecule has 1 fully saturated rings. The van der Waals surface area contributed by atoms with Crippen molar-refractivity contribution in [3.63, 3.8) is 0 Å². The highest BCUT2D eigenvalue weighted by Gasteiger charge is 2.66. The SMILES string of the molecule is CO[C@@]1(NC(=O)C(C#N)SC)C(=O)N2C(C(=O)O)=C(COC(N)=O)CS[C@H]21. The first-order valence-electron chi connectivity index (χ1n) is 7.35. The van der Waals surface area contributed by atoms with Gasteiger partial charge in [0.15, 0.2) is 5.25 Å². The van der Waals surface area contributed by atoms with Crippen LogP contribution >= 0.6 is 23.5 Å². The van der Waals surface area contributed by atoms with E-state index in [0.717, 1.165) is 28.4 Å². The smallest absolute Gasteiger partial charge is 0.404 e. The average Bonchev–Trinajstić information content (AvgIpc) is 2.63. The number of thioether (sulfide) groups is 2. The van der Waals surface area contributed by atoms with Crippen LogP contribution in [0.5, 0.6) is 0 Å². The molecule has 2 aliphatic rings. The number of hydrogen-bond acceptors (Lipinski definition) is 9. The lowest BCUT2D eigenvalue weighted by Gasteiger charge is -2.55. The number of rotatable bonds is 7. The molecule has 11 nitrogen and oxygen atoms in total. The Morgan fingerprint density at radius 1 is 1.59 bits per heavy atom. The van der Waals surface area contributed by atoms with Crippen molar-refractivity contribution < 1.29 is 33.8 Å². The van der Waals surface area contributed by atoms with E-state index in [1.54, 1.807) is 12.3 Å². The predicted octanol–water partition coefficient (Wildman–Crippen LogP) is -0.950. The summed E-state index contributed by atoms with van der Waals surface area (Å²) in [5.41, 5.74) is 2.94. The predicted molar refractivity (Wildman–Crippen MR) is 94.1 cm³/mol. The van der Waals surface area contributed by atoms with E-state index in [0.29, 0.717) is 0 Å². The molecule has 3 atom stereocenters. The van der Waals surface area contributed by atoms with Crippen LogP contribution in [0.2, 0.25) is 0 Å². The molecule has 146 valence electrons. The fraction of sp³-hybridized carbons (Fsp3) is 0.500. The van der Waals surface area contributed by atoms with Gasteiger partial charge in [0.25, 0.3) is 11.6 Å². The highest BCUT2D eigenvalue weighted by atomic mass is 32.2. The normalized spacial score (nSPS) is 25.0. The van der Waals surface area contributed by atoms with Crippen molar-refractivity contribution >= 4 is 47.4 Å². The third-order valence-corrected chi connectivity index (χ3v) is 6.09. The van der Waals surface area contributed by atoms with E-state index in [-0.39, 0.29) is 23.6 Å². The number of carboxylic acids is 1. The van der Waals surface area contributed by atoms with Crippen LogP contribution in [0.1, 0.15) is 0 Å². The molecule has 0 bridgehead atoms. The standard InChI is InChI=1S/C14H16N4O7S2/c1-24-14(17-9(19)7(3-15)26-2)11(22)18-8(10(20)21)6(4-25-13(16)23)5-27-12(14)18/h7,12H,4-5H2,1-2H3,(H2,16,23)(H,17,19)(H,20,21)/t7?,12-,14-/m0/s1. The molecule has 13 heteroatoms. The summed E-state index contributed by atoms with van der Waals surface area (Å²) < 4.78 is 9.88. The number of nitrogens with zero attached hydrogens (tertiary/aromatic N) is 2. The van der Waals surface area contributed by atoms with Gasteiger partial charge in [-0.25, -0.2) is 9.59 Å². The molecule has 0 aromatic heterocycles. The second-order valence-corrected chi connectivity index (χ2v) is 7.39. The van der Waals surface area contributed by atoms with Crippen molar-refractivity contribution in [1.82, 2.24) is 10.2 Å². The molecule has 3 amide bonds. The number of carboxylic acid groups (broad SMARTS) is 1. The van der Waals surface area contributed by atoms with Gasteiger partial charge in [-0.15, -0.1) is 23.5 Å². The first kappa shape index (κ1) is 20.9. The molecule has 27 heavy (non-hydrogen) atoms. The Morgan fingerprint density at radius 2 is 2.26 bits per heavy atom. The summed E-state index contributed by atoms with van der Waals surface area (Å²) in [5.74, 6) is -2.81. The number of carbonyl (C=O) groups is 4. The van der Waals surface area contributed by atoms with Gasteiger partial charge >= 0.3 is 12.1 Å². The Hall–Kier alpha value is -2.43. The van der Waals surface area contributed by atoms with Gasteiger partial charge in [0.05, 0.1) is 6.07 Å². The van der Waals surface area contributed by atoms with E-state index in [4.69, 9.17) is 15.7 Å². The number of amides is 3. The lowest BCUT2D eigenvalue weighted by molar-refractivity contribution is -0.192. The van der Waals surface area contributed by atoms with Crippen LogP contribution in [0.4, 0.5) is 4.79 Å². The molecular weight excluding hydrogens is 400 g/mol. The Kier molecular flexibility index (Phi) is 6.24. The number of carbonyl (C=O) groups excluding carboxylic acids is 3. The molecule has 0 saturated carbocycles. The summed E-state index contributed by atoms with van der Waals surface area (Å²) in [5, 5.41) is 19.0. The summed E-state index contributed by atoms with van der Waals surface area (Å²) in [4.78, 5) is 48.4. The van der Waals surface area contributed by atoms with Crippen LogP contribution in [-0.4, -0.2) is 76.0 Å². The van der Waals surface area contributed by atoms with Crippen LogP contribution in [-0.2, 0) is 23.9 Å². The number of aliphatic carboxylic acids is 1. The third-order valence-electron chi connectivity index (χ3n) is 3.92. The van der Waals surface area contributed by atoms with Gasteiger partial charge in [-0.1, -0.05) is 0 Å². The number of ether oxygens (including phenoxy) is 2. The third kappa shape index (κ3) is 3.55. The molecule has 0 aromatic rings. The zero-order valence-electron chi connectivity index (χ0n) is 14.3. The first-order valence-corrected chi connectivity index (χ1v) is 9.69. The highest BCUT2D eigenvalue weighted by Crippen LogP contribution is 2.46. The van der Waals surface area contributed by atoms with Gasteiger partial charge < -0.3 is 25.6 Å². The van der Waals surface area contributed by atoms with Crippen molar-refractivity contribution in [2.45, 2.75) is 16.3 Å². The minimum atomic E-state index is -1.79. The Bertz CT molecular complexity index is 765. The number of β-lactam (4-membered cyclic amide) rings is 1. The number of methoxy groups -OCH3 is 1. The van der Waals surface area contributed by atoms with E-state index in [1.807, 2.05) is 0 Å². The second kappa shape index (κ2) is 8.07. The van der Waals surface area contributed by atoms with E-state index in [1.165, 1.54) is 7.11 Å². The monoisotopic (exact) mass is 416 g/mol. The number of hydrogen-bond donors (Lipinski definition) is 3. The Balaban J connectivity index is 2.32. The van der Waals surface area contributed by atoms with Crippen LogP contribution in [0, 0.1) is 11.3 Å². The molecule has 0 radical (unpaired) electrons. The van der Waals surface area contributed by atoms with Crippen LogP contribution in [0.3, 0.4) is 0 Å². The van der Waals surface area contributed by atoms with Gasteiger partial charge in [0.1, 0.15) is 17.7 Å². The number of primary amides is 1. The number of nitrogens with one attached hydrogen (secondary N) is 1. The molecule has 0 aliphatic carbocycles. The largest absolute Gasteiger partial charge is 0.477 e. The van der Waals surface area contributed by atoms with Gasteiger partial charge in [-0.3, -0.25) is 14.5 Å². The lowest BCUT2D eigenvalue weighted by Crippen LogP contribution is -2.81. The maximum atomic E-state index is 12.7. The fourth-order valence-corrected chi connectivity index (χ4v) is 4.48. The molecule has 2 heterocycles. The lowest BCUT2D eigenvalue weighted by atomic mass is 9.98. The van der Waals surface area contributed by atoms with Crippen molar-refractivity contribution in [3.8, 4) is 6.07 Å². The molecular formula is C14H16N4O7S2. The fourth-order valence-electron chi connectivity index (χ4n) is 2.68. The average molecular weight is 416 g/mol. The molecule has 0 aromatic carbocycles. The summed E-state index contributed by atoms with van der Waals surface area (Å²) in [6.07, 6.45) is 0.487. The maximum Gasteiger partial charge on any atom is 0.404 e. The number of fused-ring (bicyclic) bond motifs is 1. The van der Waals surface area contributed by atoms with Crippen molar-refractivity contribution in [1.29, 1.82) is 5.26 Å². The van der Waals surface area contributed by atoms with Crippen molar-refractivity contribution in [2.75, 3.05) is 25.7 Å². The number of nitriles is 1. The van der Waals surface area contributed by atoms with Gasteiger partial charge in [-0.2, -0.15) is 5.26 Å². The summed E-state index contributed by atoms with van der Waals surface area (Å²) in [6, 6.07) is 1.79. The molecule has 0 spiro atoms. The summed E-state index contributed by atoms with van der Waals surface area (Å²) in [6.45, 7) is -0.379. The van der Waals surface area contributed by atoms with Crippen LogP contribution in [0.15, 0.2) is 11.3 Å². The zero-order valence-corrected chi connectivity index (χ0v) is 15.9. The Labute approximate surface area is 162 Å². The molecule has 2 rings (SSSR count). The van der Waals surface area contributed by atoms with Crippen molar-refractivity contribution in [3.05, 3.63) is 11.3 Å². The molecule has 4 N–H and O–H groups in total. The minimum Gasteiger partial charge on any atom is -0.477 e. The van der Waals surface area contributed by atoms with Gasteiger partial charge in [0.2, 0.25) is 5.91 Å². The summed E-state index contributed by atoms with van der Waals surface area (Å²) in [7, 11) is 1.20. The first-order chi connectivity index (χ1) is 12.7. The number of nitrogens with two attached hydrogens (primary N) is 1. The molecule has 1 saturated heterocycles. The zero-order chi connectivity index (χ0) is 20.4. The van der Waals surface area contributed by atoms with Crippen LogP contribution in [0.25, 0.3) is 0 Å². The maximum absolute atomic E-state index is 12.7. The Morgan fingerprint density at radius 3 is 2.74 bits per heavy atom. The van der Waals surface area contributed by atoms with E-state index in [2.05, 4.69) is 10.1 Å². The quantitative estimate of drug-likeness (QED) is 0.347. The van der Waals surface area contributed by atoms with E-state index in [9.17, 15) is 24.3 Å². The van der Waals surface area contributed by atoms with E-state index >= 15 is 0 Å². The van der Waals surface area contributed by atoms with E-state index < -0.39 is 40.2 Å². The molecule has 1 unspecified atom stereocenters. The van der Waals surface area contributed by atoms with Gasteiger partial charge in [-0.05, 0) is 6.26 Å². The highest BCUT2D eigenvalue weighted by molar-refractivity contribution is 8.00. The topological polar surface area (TPSA) is 172 Å². The minimum absolute atomic E-state index is 0.106. The second-order valence-electron chi connectivity index (χ2n) is 5.38. The summed E-state index contributed by atoms with van der Waals surface area (Å²) >= 11 is 2.11.